The summed E-state index contributed by atoms with van der Waals surface area (Å²) in [5.74, 6) is 0.403. The average Bonchev–Trinajstić information content (AvgIpc) is 2.85. The molecule has 0 amide bonds. The summed E-state index contributed by atoms with van der Waals surface area (Å²) >= 11 is 0. The summed E-state index contributed by atoms with van der Waals surface area (Å²) in [7, 11) is -2.90. The number of hydrogen-bond acceptors (Lipinski definition) is 8. The van der Waals surface area contributed by atoms with Crippen molar-refractivity contribution in [2.24, 2.45) is 0 Å². The van der Waals surface area contributed by atoms with Crippen molar-refractivity contribution >= 4 is 26.9 Å². The van der Waals surface area contributed by atoms with Crippen LogP contribution in [0.3, 0.4) is 0 Å². The van der Waals surface area contributed by atoms with E-state index in [-0.39, 0.29) is 42.1 Å². The minimum absolute atomic E-state index is 0.0279. The Hall–Kier alpha value is -3.41. The summed E-state index contributed by atoms with van der Waals surface area (Å²) in [6.07, 6.45) is 0.167. The fourth-order valence-corrected chi connectivity index (χ4v) is 5.18. The Bertz CT molecular complexity index is 1380. The molecule has 3 aromatic rings. The lowest BCUT2D eigenvalue weighted by Crippen LogP contribution is -2.34. The van der Waals surface area contributed by atoms with Gasteiger partial charge in [-0.15, -0.1) is 0 Å². The van der Waals surface area contributed by atoms with Crippen LogP contribution in [0.25, 0.3) is 10.9 Å². The molecule has 1 aliphatic rings. The van der Waals surface area contributed by atoms with Gasteiger partial charge in [0.05, 0.1) is 23.1 Å². The Morgan fingerprint density at radius 2 is 1.88 bits per heavy atom. The summed E-state index contributed by atoms with van der Waals surface area (Å²) in [6.45, 7) is 0.332. The molecule has 10 nitrogen and oxygen atoms in total. The lowest BCUT2D eigenvalue weighted by atomic mass is 10.1. The highest BCUT2D eigenvalue weighted by Crippen LogP contribution is 2.33. The van der Waals surface area contributed by atoms with Gasteiger partial charge < -0.3 is 24.3 Å². The van der Waals surface area contributed by atoms with Gasteiger partial charge in [0, 0.05) is 36.7 Å². The Labute approximate surface area is 195 Å². The van der Waals surface area contributed by atoms with Gasteiger partial charge in [0.25, 0.3) is 5.56 Å². The van der Waals surface area contributed by atoms with Crippen molar-refractivity contribution < 1.29 is 32.5 Å². The van der Waals surface area contributed by atoms with Gasteiger partial charge in [-0.3, -0.25) is 4.79 Å². The first-order valence-corrected chi connectivity index (χ1v) is 12.0. The number of sulfonamides is 1. The van der Waals surface area contributed by atoms with E-state index >= 15 is 0 Å². The standard InChI is InChI=1S/C23H24N2O8S/c1-31-23(28)15-4-2-5-18(11-15)34(29,30)25(6-3-7-26)14-17-10-16-12-20-21(33-9-8-32-20)13-19(16)24-22(17)27/h2,4-5,10-13,26H,3,6-9,14H2,1H3,(H,24,27). The number of pyridine rings is 1. The molecule has 0 saturated carbocycles. The number of rotatable bonds is 8. The maximum absolute atomic E-state index is 13.4. The number of aliphatic hydroxyl groups is 1. The van der Waals surface area contributed by atoms with Crippen LogP contribution >= 0.6 is 0 Å². The van der Waals surface area contributed by atoms with Gasteiger partial charge in [0.15, 0.2) is 11.5 Å². The summed E-state index contributed by atoms with van der Waals surface area (Å²) in [5, 5.41) is 9.96. The number of nitrogens with one attached hydrogen (secondary N) is 1. The SMILES string of the molecule is COC(=O)c1cccc(S(=O)(=O)N(CCCO)Cc2cc3cc4c(cc3[nH]c2=O)OCCO4)c1. The van der Waals surface area contributed by atoms with Crippen molar-refractivity contribution in [1.29, 1.82) is 0 Å². The minimum Gasteiger partial charge on any atom is -0.486 e. The van der Waals surface area contributed by atoms with E-state index in [2.05, 4.69) is 9.72 Å². The maximum Gasteiger partial charge on any atom is 0.337 e. The van der Waals surface area contributed by atoms with E-state index in [1.165, 1.54) is 31.4 Å². The number of H-pyrrole nitrogens is 1. The molecule has 1 aromatic heterocycles. The zero-order chi connectivity index (χ0) is 24.3. The first kappa shape index (κ1) is 23.7. The molecule has 11 heteroatoms. The zero-order valence-corrected chi connectivity index (χ0v) is 19.3. The van der Waals surface area contributed by atoms with E-state index in [1.54, 1.807) is 18.2 Å². The number of aromatic amines is 1. The van der Waals surface area contributed by atoms with E-state index in [0.717, 1.165) is 4.31 Å². The van der Waals surface area contributed by atoms with E-state index in [1.807, 2.05) is 0 Å². The largest absolute Gasteiger partial charge is 0.486 e. The molecular weight excluding hydrogens is 464 g/mol. The van der Waals surface area contributed by atoms with Crippen LogP contribution in [0.5, 0.6) is 11.5 Å². The van der Waals surface area contributed by atoms with E-state index in [0.29, 0.717) is 35.6 Å². The number of nitrogens with zero attached hydrogens (tertiary/aromatic N) is 1. The third-order valence-corrected chi connectivity index (χ3v) is 7.23. The molecule has 0 atom stereocenters. The Morgan fingerprint density at radius 1 is 1.15 bits per heavy atom. The minimum atomic E-state index is -4.10. The predicted octanol–water partition coefficient (Wildman–Crippen LogP) is 1.66. The molecular formula is C23H24N2O8S. The lowest BCUT2D eigenvalue weighted by Gasteiger charge is -2.22. The molecule has 2 aromatic carbocycles. The molecule has 0 radical (unpaired) electrons. The third-order valence-electron chi connectivity index (χ3n) is 5.39. The van der Waals surface area contributed by atoms with E-state index in [9.17, 15) is 23.1 Å². The summed E-state index contributed by atoms with van der Waals surface area (Å²) in [4.78, 5) is 27.3. The molecule has 34 heavy (non-hydrogen) atoms. The van der Waals surface area contributed by atoms with Gasteiger partial charge in [-0.05, 0) is 36.8 Å². The van der Waals surface area contributed by atoms with Crippen LogP contribution in [0.15, 0.2) is 52.2 Å². The smallest absolute Gasteiger partial charge is 0.337 e. The van der Waals surface area contributed by atoms with E-state index < -0.39 is 21.6 Å². The van der Waals surface area contributed by atoms with Crippen LogP contribution in [-0.2, 0) is 21.3 Å². The summed E-state index contributed by atoms with van der Waals surface area (Å²) in [6, 6.07) is 10.5. The number of fused-ring (bicyclic) bond motifs is 2. The Morgan fingerprint density at radius 3 is 2.59 bits per heavy atom. The normalized spacial score (nSPS) is 13.3. The number of carbonyl (C=O) groups is 1. The topological polar surface area (TPSA) is 135 Å². The third kappa shape index (κ3) is 4.76. The van der Waals surface area contributed by atoms with Crippen molar-refractivity contribution in [3.8, 4) is 11.5 Å². The number of benzene rings is 2. The highest BCUT2D eigenvalue weighted by molar-refractivity contribution is 7.89. The number of aromatic nitrogens is 1. The highest BCUT2D eigenvalue weighted by Gasteiger charge is 2.26. The molecule has 0 bridgehead atoms. The van der Waals surface area contributed by atoms with Crippen LogP contribution in [0.1, 0.15) is 22.3 Å². The first-order chi connectivity index (χ1) is 16.3. The van der Waals surface area contributed by atoms with Crippen molar-refractivity contribution in [3.63, 3.8) is 0 Å². The lowest BCUT2D eigenvalue weighted by molar-refractivity contribution is 0.0600. The summed E-state index contributed by atoms with van der Waals surface area (Å²) < 4.78 is 43.8. The second-order valence-corrected chi connectivity index (χ2v) is 9.58. The van der Waals surface area contributed by atoms with Crippen LogP contribution in [0, 0.1) is 0 Å². The van der Waals surface area contributed by atoms with Crippen molar-refractivity contribution in [1.82, 2.24) is 9.29 Å². The molecule has 180 valence electrons. The summed E-state index contributed by atoms with van der Waals surface area (Å²) in [5.41, 5.74) is 0.390. The van der Waals surface area contributed by atoms with Crippen LogP contribution < -0.4 is 15.0 Å². The second kappa shape index (κ2) is 9.84. The molecule has 0 unspecified atom stereocenters. The van der Waals surface area contributed by atoms with Gasteiger partial charge in [-0.1, -0.05) is 6.07 Å². The fraction of sp³-hybridized carbons (Fsp3) is 0.304. The van der Waals surface area contributed by atoms with Gasteiger partial charge in [0.1, 0.15) is 13.2 Å². The molecule has 0 fully saturated rings. The zero-order valence-electron chi connectivity index (χ0n) is 18.4. The quantitative estimate of drug-likeness (QED) is 0.457. The Kier molecular flexibility index (Phi) is 6.87. The monoisotopic (exact) mass is 488 g/mol. The first-order valence-electron chi connectivity index (χ1n) is 10.6. The number of ether oxygens (including phenoxy) is 3. The average molecular weight is 489 g/mol. The van der Waals surface area contributed by atoms with Crippen LogP contribution in [-0.4, -0.2) is 62.3 Å². The fourth-order valence-electron chi connectivity index (χ4n) is 3.68. The predicted molar refractivity (Wildman–Crippen MR) is 123 cm³/mol. The van der Waals surface area contributed by atoms with Gasteiger partial charge in [-0.2, -0.15) is 4.31 Å². The Balaban J connectivity index is 1.71. The molecule has 0 saturated heterocycles. The molecule has 0 aliphatic carbocycles. The second-order valence-electron chi connectivity index (χ2n) is 7.64. The number of aliphatic hydroxyl groups excluding tert-OH is 1. The van der Waals surface area contributed by atoms with Gasteiger partial charge in [-0.25, -0.2) is 13.2 Å². The van der Waals surface area contributed by atoms with E-state index in [4.69, 9.17) is 9.47 Å². The van der Waals surface area contributed by atoms with Crippen molar-refractivity contribution in [2.45, 2.75) is 17.9 Å². The molecule has 4 rings (SSSR count). The molecule has 2 heterocycles. The number of hydrogen-bond donors (Lipinski definition) is 2. The van der Waals surface area contributed by atoms with Crippen molar-refractivity contribution in [3.05, 3.63) is 63.9 Å². The van der Waals surface area contributed by atoms with Crippen molar-refractivity contribution in [2.75, 3.05) is 33.5 Å². The van der Waals surface area contributed by atoms with Crippen LogP contribution in [0.2, 0.25) is 0 Å². The number of esters is 1. The molecule has 0 spiro atoms. The highest BCUT2D eigenvalue weighted by atomic mass is 32.2. The molecule has 1 aliphatic heterocycles. The number of carbonyl (C=O) groups excluding carboxylic acids is 1. The number of methoxy groups -OCH3 is 1. The molecule has 2 N–H and O–H groups in total. The maximum atomic E-state index is 13.4. The van der Waals surface area contributed by atoms with Gasteiger partial charge >= 0.3 is 5.97 Å². The van der Waals surface area contributed by atoms with Gasteiger partial charge in [0.2, 0.25) is 10.0 Å². The van der Waals surface area contributed by atoms with Crippen LogP contribution in [0.4, 0.5) is 0 Å².